The van der Waals surface area contributed by atoms with Gasteiger partial charge < -0.3 is 10.5 Å². The van der Waals surface area contributed by atoms with Crippen LogP contribution in [-0.4, -0.2) is 40.3 Å². The second kappa shape index (κ2) is 7.90. The van der Waals surface area contributed by atoms with Gasteiger partial charge >= 0.3 is 0 Å². The third-order valence-corrected chi connectivity index (χ3v) is 4.90. The van der Waals surface area contributed by atoms with Crippen molar-refractivity contribution in [1.29, 1.82) is 0 Å². The summed E-state index contributed by atoms with van der Waals surface area (Å²) in [7, 11) is 0. The Kier molecular flexibility index (Phi) is 5.64. The first-order valence-electron chi connectivity index (χ1n) is 7.89. The SMILES string of the molecule is NCCc1nnc(SCCC2CCOC2)n1-c1ccc(F)cc1. The molecule has 124 valence electrons. The molecule has 0 aliphatic carbocycles. The van der Waals surface area contributed by atoms with Crippen LogP contribution in [0, 0.1) is 11.7 Å². The molecule has 1 aliphatic heterocycles. The zero-order valence-electron chi connectivity index (χ0n) is 12.9. The number of rotatable bonds is 7. The Morgan fingerprint density at radius 3 is 2.83 bits per heavy atom. The Morgan fingerprint density at radius 2 is 2.13 bits per heavy atom. The highest BCUT2D eigenvalue weighted by molar-refractivity contribution is 7.99. The molecule has 0 spiro atoms. The molecule has 2 N–H and O–H groups in total. The van der Waals surface area contributed by atoms with Gasteiger partial charge in [-0.25, -0.2) is 4.39 Å². The number of thioether (sulfide) groups is 1. The van der Waals surface area contributed by atoms with Gasteiger partial charge in [0.2, 0.25) is 0 Å². The number of halogens is 1. The molecule has 1 aromatic carbocycles. The third-order valence-electron chi connectivity index (χ3n) is 3.93. The van der Waals surface area contributed by atoms with Crippen LogP contribution in [-0.2, 0) is 11.2 Å². The van der Waals surface area contributed by atoms with Crippen molar-refractivity contribution in [2.45, 2.75) is 24.4 Å². The van der Waals surface area contributed by atoms with Gasteiger partial charge in [-0.3, -0.25) is 4.57 Å². The fraction of sp³-hybridized carbons (Fsp3) is 0.500. The second-order valence-corrected chi connectivity index (χ2v) is 6.68. The quantitative estimate of drug-likeness (QED) is 0.787. The molecule has 1 saturated heterocycles. The molecule has 1 aliphatic rings. The van der Waals surface area contributed by atoms with E-state index in [1.54, 1.807) is 23.9 Å². The van der Waals surface area contributed by atoms with Crippen molar-refractivity contribution in [3.05, 3.63) is 35.9 Å². The lowest BCUT2D eigenvalue weighted by Gasteiger charge is -2.11. The minimum Gasteiger partial charge on any atom is -0.381 e. The maximum absolute atomic E-state index is 13.2. The van der Waals surface area contributed by atoms with Crippen LogP contribution in [0.3, 0.4) is 0 Å². The standard InChI is InChI=1S/C16H21FN4OS/c17-13-1-3-14(4-2-13)21-15(5-8-18)19-20-16(21)23-10-7-12-6-9-22-11-12/h1-4,12H,5-11,18H2. The predicted octanol–water partition coefficient (Wildman–Crippen LogP) is 2.43. The monoisotopic (exact) mass is 336 g/mol. The lowest BCUT2D eigenvalue weighted by atomic mass is 10.1. The van der Waals surface area contributed by atoms with Gasteiger partial charge in [-0.1, -0.05) is 11.8 Å². The van der Waals surface area contributed by atoms with Crippen LogP contribution in [0.5, 0.6) is 0 Å². The molecule has 0 amide bonds. The summed E-state index contributed by atoms with van der Waals surface area (Å²) in [5.41, 5.74) is 6.53. The summed E-state index contributed by atoms with van der Waals surface area (Å²) >= 11 is 1.68. The molecule has 1 aromatic heterocycles. The van der Waals surface area contributed by atoms with Crippen molar-refractivity contribution >= 4 is 11.8 Å². The van der Waals surface area contributed by atoms with Crippen LogP contribution < -0.4 is 5.73 Å². The highest BCUT2D eigenvalue weighted by Crippen LogP contribution is 2.26. The first-order valence-corrected chi connectivity index (χ1v) is 8.87. The second-order valence-electron chi connectivity index (χ2n) is 5.62. The molecule has 7 heteroatoms. The summed E-state index contributed by atoms with van der Waals surface area (Å²) in [4.78, 5) is 0. The first-order chi connectivity index (χ1) is 11.3. The van der Waals surface area contributed by atoms with Crippen molar-refractivity contribution in [3.63, 3.8) is 0 Å². The molecular formula is C16H21FN4OS. The zero-order valence-corrected chi connectivity index (χ0v) is 13.8. The van der Waals surface area contributed by atoms with E-state index in [-0.39, 0.29) is 5.82 Å². The molecule has 1 unspecified atom stereocenters. The lowest BCUT2D eigenvalue weighted by Crippen LogP contribution is -2.10. The van der Waals surface area contributed by atoms with Gasteiger partial charge in [0.25, 0.3) is 0 Å². The Bertz CT molecular complexity index is 626. The Balaban J connectivity index is 1.74. The van der Waals surface area contributed by atoms with Gasteiger partial charge in [-0.05, 0) is 49.6 Å². The van der Waals surface area contributed by atoms with Crippen LogP contribution in [0.1, 0.15) is 18.7 Å². The van der Waals surface area contributed by atoms with E-state index in [9.17, 15) is 4.39 Å². The van der Waals surface area contributed by atoms with Crippen LogP contribution in [0.4, 0.5) is 4.39 Å². The van der Waals surface area contributed by atoms with E-state index in [1.165, 1.54) is 12.1 Å². The normalized spacial score (nSPS) is 17.7. The maximum atomic E-state index is 13.2. The Labute approximate surface area is 139 Å². The molecule has 2 heterocycles. The number of nitrogens with two attached hydrogens (primary N) is 1. The van der Waals surface area contributed by atoms with Crippen molar-refractivity contribution in [3.8, 4) is 5.69 Å². The molecule has 23 heavy (non-hydrogen) atoms. The Morgan fingerprint density at radius 1 is 1.30 bits per heavy atom. The van der Waals surface area contributed by atoms with E-state index >= 15 is 0 Å². The first kappa shape index (κ1) is 16.4. The number of benzene rings is 1. The van der Waals surface area contributed by atoms with E-state index in [0.717, 1.165) is 48.5 Å². The van der Waals surface area contributed by atoms with Gasteiger partial charge in [-0.15, -0.1) is 10.2 Å². The van der Waals surface area contributed by atoms with Crippen molar-refractivity contribution in [2.75, 3.05) is 25.5 Å². The summed E-state index contributed by atoms with van der Waals surface area (Å²) in [5.74, 6) is 2.17. The smallest absolute Gasteiger partial charge is 0.195 e. The number of aromatic nitrogens is 3. The highest BCUT2D eigenvalue weighted by Gasteiger charge is 2.17. The Hall–Kier alpha value is -1.44. The van der Waals surface area contributed by atoms with Gasteiger partial charge in [0, 0.05) is 31.1 Å². The summed E-state index contributed by atoms with van der Waals surface area (Å²) in [5, 5.41) is 9.37. The summed E-state index contributed by atoms with van der Waals surface area (Å²) in [6, 6.07) is 6.39. The van der Waals surface area contributed by atoms with E-state index in [4.69, 9.17) is 10.5 Å². The minimum absolute atomic E-state index is 0.252. The number of hydrogen-bond acceptors (Lipinski definition) is 5. The van der Waals surface area contributed by atoms with Crippen LogP contribution in [0.2, 0.25) is 0 Å². The van der Waals surface area contributed by atoms with Crippen molar-refractivity contribution in [1.82, 2.24) is 14.8 Å². The highest BCUT2D eigenvalue weighted by atomic mass is 32.2. The van der Waals surface area contributed by atoms with Gasteiger partial charge in [0.1, 0.15) is 11.6 Å². The average Bonchev–Trinajstić information content (AvgIpc) is 3.19. The van der Waals surface area contributed by atoms with Gasteiger partial charge in [0.15, 0.2) is 5.16 Å². The predicted molar refractivity (Wildman–Crippen MR) is 88.3 cm³/mol. The topological polar surface area (TPSA) is 66.0 Å². The van der Waals surface area contributed by atoms with E-state index in [2.05, 4.69) is 10.2 Å². The van der Waals surface area contributed by atoms with Crippen molar-refractivity contribution in [2.24, 2.45) is 11.7 Å². The lowest BCUT2D eigenvalue weighted by molar-refractivity contribution is 0.185. The molecule has 3 rings (SSSR count). The molecular weight excluding hydrogens is 315 g/mol. The van der Waals surface area contributed by atoms with Crippen molar-refractivity contribution < 1.29 is 9.13 Å². The van der Waals surface area contributed by atoms with Crippen LogP contribution in [0.15, 0.2) is 29.4 Å². The molecule has 0 bridgehead atoms. The molecule has 1 atom stereocenters. The molecule has 1 fully saturated rings. The zero-order chi connectivity index (χ0) is 16.1. The number of nitrogens with zero attached hydrogens (tertiary/aromatic N) is 3. The maximum Gasteiger partial charge on any atom is 0.195 e. The number of hydrogen-bond donors (Lipinski definition) is 1. The largest absolute Gasteiger partial charge is 0.381 e. The molecule has 0 radical (unpaired) electrons. The summed E-state index contributed by atoms with van der Waals surface area (Å²) in [6.45, 7) is 2.24. The average molecular weight is 336 g/mol. The minimum atomic E-state index is -0.252. The summed E-state index contributed by atoms with van der Waals surface area (Å²) in [6.07, 6.45) is 2.89. The van der Waals surface area contributed by atoms with E-state index in [1.807, 2.05) is 4.57 Å². The number of ether oxygens (including phenoxy) is 1. The fourth-order valence-corrected chi connectivity index (χ4v) is 3.73. The molecule has 2 aromatic rings. The van der Waals surface area contributed by atoms with E-state index < -0.39 is 0 Å². The van der Waals surface area contributed by atoms with E-state index in [0.29, 0.717) is 18.9 Å². The third kappa shape index (κ3) is 4.10. The molecule has 5 nitrogen and oxygen atoms in total. The molecule has 0 saturated carbocycles. The van der Waals surface area contributed by atoms with Gasteiger partial charge in [0.05, 0.1) is 0 Å². The summed E-state index contributed by atoms with van der Waals surface area (Å²) < 4.78 is 20.6. The fourth-order valence-electron chi connectivity index (χ4n) is 2.66. The van der Waals surface area contributed by atoms with Crippen LogP contribution in [0.25, 0.3) is 5.69 Å². The van der Waals surface area contributed by atoms with Gasteiger partial charge in [-0.2, -0.15) is 0 Å². The van der Waals surface area contributed by atoms with Crippen LogP contribution >= 0.6 is 11.8 Å².